The molecule has 0 aliphatic rings. The third-order valence-corrected chi connectivity index (χ3v) is 1.69. The van der Waals surface area contributed by atoms with E-state index in [1.165, 1.54) is 12.1 Å². The van der Waals surface area contributed by atoms with Crippen LogP contribution in [0, 0.1) is 0 Å². The lowest BCUT2D eigenvalue weighted by Gasteiger charge is -2.15. The number of rotatable bonds is 3. The fourth-order valence-corrected chi connectivity index (χ4v) is 0.875. The van der Waals surface area contributed by atoms with Crippen molar-refractivity contribution in [3.8, 4) is 5.75 Å². The molecule has 1 rings (SSSR count). The Kier molecular flexibility index (Phi) is 3.41. The second kappa shape index (κ2) is 4.39. The van der Waals surface area contributed by atoms with E-state index in [-0.39, 0.29) is 11.4 Å². The van der Waals surface area contributed by atoms with Gasteiger partial charge in [0.1, 0.15) is 12.4 Å². The first-order valence-corrected chi connectivity index (χ1v) is 4.13. The Balaban J connectivity index is 2.55. The molecule has 0 amide bonds. The third-order valence-electron chi connectivity index (χ3n) is 1.69. The van der Waals surface area contributed by atoms with Crippen LogP contribution < -0.4 is 10.5 Å². The van der Waals surface area contributed by atoms with Crippen molar-refractivity contribution in [2.45, 2.75) is 12.3 Å². The molecule has 15 heavy (non-hydrogen) atoms. The number of anilines is 1. The van der Waals surface area contributed by atoms with E-state index in [1.54, 1.807) is 12.1 Å². The van der Waals surface area contributed by atoms with Gasteiger partial charge < -0.3 is 15.6 Å². The van der Waals surface area contributed by atoms with Gasteiger partial charge in [0.2, 0.25) is 0 Å². The fourth-order valence-electron chi connectivity index (χ4n) is 0.875. The van der Waals surface area contributed by atoms with Crippen LogP contribution in [0.15, 0.2) is 24.3 Å². The van der Waals surface area contributed by atoms with Gasteiger partial charge in [-0.25, -0.2) is 0 Å². The van der Waals surface area contributed by atoms with Gasteiger partial charge in [-0.15, -0.1) is 0 Å². The van der Waals surface area contributed by atoms with Gasteiger partial charge in [0.25, 0.3) is 0 Å². The minimum Gasteiger partial charge on any atom is -0.488 e. The summed E-state index contributed by atoms with van der Waals surface area (Å²) in [6, 6.07) is 6.13. The Morgan fingerprint density at radius 3 is 2.47 bits per heavy atom. The highest BCUT2D eigenvalue weighted by atomic mass is 19.4. The zero-order valence-corrected chi connectivity index (χ0v) is 7.66. The zero-order valence-electron chi connectivity index (χ0n) is 7.66. The molecule has 0 bridgehead atoms. The average Bonchev–Trinajstić information content (AvgIpc) is 2.14. The van der Waals surface area contributed by atoms with Gasteiger partial charge in [-0.05, 0) is 12.1 Å². The predicted molar refractivity (Wildman–Crippen MR) is 48.4 cm³/mol. The molecule has 0 radical (unpaired) electrons. The molecule has 6 heteroatoms. The van der Waals surface area contributed by atoms with Crippen molar-refractivity contribution in [3.63, 3.8) is 0 Å². The monoisotopic (exact) mass is 221 g/mol. The molecule has 0 spiro atoms. The van der Waals surface area contributed by atoms with Crippen LogP contribution in [0.25, 0.3) is 0 Å². The molecule has 1 unspecified atom stereocenters. The maximum absolute atomic E-state index is 11.9. The standard InChI is InChI=1S/C9H10F3NO2/c10-9(11,12)8(14)5-15-7-4-2-1-3-6(7)13/h1-4,8,14H,5,13H2. The number of aliphatic hydroxyl groups is 1. The van der Waals surface area contributed by atoms with E-state index in [1.807, 2.05) is 0 Å². The molecule has 1 aromatic carbocycles. The van der Waals surface area contributed by atoms with E-state index < -0.39 is 18.9 Å². The summed E-state index contributed by atoms with van der Waals surface area (Å²) in [6.45, 7) is -0.863. The molecule has 0 aromatic heterocycles. The van der Waals surface area contributed by atoms with Crippen LogP contribution in [0.3, 0.4) is 0 Å². The Bertz CT molecular complexity index is 327. The first-order valence-electron chi connectivity index (χ1n) is 4.13. The van der Waals surface area contributed by atoms with Crippen molar-refractivity contribution in [1.29, 1.82) is 0 Å². The molecule has 84 valence electrons. The molecule has 0 saturated carbocycles. The SMILES string of the molecule is Nc1ccccc1OCC(O)C(F)(F)F. The van der Waals surface area contributed by atoms with Gasteiger partial charge in [-0.1, -0.05) is 12.1 Å². The van der Waals surface area contributed by atoms with Gasteiger partial charge in [0.05, 0.1) is 5.69 Å². The summed E-state index contributed by atoms with van der Waals surface area (Å²) in [5.74, 6) is 0.126. The number of para-hydroxylation sites is 2. The lowest BCUT2D eigenvalue weighted by molar-refractivity contribution is -0.210. The van der Waals surface area contributed by atoms with E-state index in [4.69, 9.17) is 15.6 Å². The quantitative estimate of drug-likeness (QED) is 0.762. The van der Waals surface area contributed by atoms with Gasteiger partial charge in [-0.2, -0.15) is 13.2 Å². The van der Waals surface area contributed by atoms with Crippen LogP contribution in [0.1, 0.15) is 0 Å². The van der Waals surface area contributed by atoms with E-state index in [0.29, 0.717) is 0 Å². The number of halogens is 3. The Morgan fingerprint density at radius 2 is 1.93 bits per heavy atom. The highest BCUT2D eigenvalue weighted by Crippen LogP contribution is 2.23. The van der Waals surface area contributed by atoms with Gasteiger partial charge >= 0.3 is 6.18 Å². The molecule has 1 aromatic rings. The van der Waals surface area contributed by atoms with Crippen LogP contribution in [0.5, 0.6) is 5.75 Å². The molecule has 3 nitrogen and oxygen atoms in total. The molecule has 0 fully saturated rings. The second-order valence-electron chi connectivity index (χ2n) is 2.91. The first kappa shape index (κ1) is 11.6. The van der Waals surface area contributed by atoms with Crippen LogP contribution in [0.4, 0.5) is 18.9 Å². The summed E-state index contributed by atoms with van der Waals surface area (Å²) in [5, 5.41) is 8.65. The van der Waals surface area contributed by atoms with Crippen molar-refractivity contribution in [1.82, 2.24) is 0 Å². The Morgan fingerprint density at radius 1 is 1.33 bits per heavy atom. The molecule has 0 aliphatic heterocycles. The average molecular weight is 221 g/mol. The number of aliphatic hydroxyl groups excluding tert-OH is 1. The van der Waals surface area contributed by atoms with Crippen molar-refractivity contribution in [2.24, 2.45) is 0 Å². The van der Waals surface area contributed by atoms with Crippen LogP contribution in [-0.4, -0.2) is 24.0 Å². The molecule has 1 atom stereocenters. The smallest absolute Gasteiger partial charge is 0.417 e. The number of benzene rings is 1. The molecular weight excluding hydrogens is 211 g/mol. The summed E-state index contributed by atoms with van der Waals surface area (Å²) in [7, 11) is 0. The van der Waals surface area contributed by atoms with Crippen LogP contribution in [-0.2, 0) is 0 Å². The summed E-state index contributed by atoms with van der Waals surface area (Å²) in [5.41, 5.74) is 5.66. The summed E-state index contributed by atoms with van der Waals surface area (Å²) in [6.07, 6.45) is -7.18. The minimum absolute atomic E-state index is 0.126. The van der Waals surface area contributed by atoms with Gasteiger partial charge in [-0.3, -0.25) is 0 Å². The summed E-state index contributed by atoms with van der Waals surface area (Å²) < 4.78 is 40.4. The highest BCUT2D eigenvalue weighted by molar-refractivity contribution is 5.51. The fraction of sp³-hybridized carbons (Fsp3) is 0.333. The maximum Gasteiger partial charge on any atom is 0.417 e. The Hall–Kier alpha value is -1.43. The van der Waals surface area contributed by atoms with Gasteiger partial charge in [0, 0.05) is 0 Å². The number of alkyl halides is 3. The topological polar surface area (TPSA) is 55.5 Å². The molecule has 0 heterocycles. The van der Waals surface area contributed by atoms with E-state index >= 15 is 0 Å². The maximum atomic E-state index is 11.9. The molecule has 0 saturated heterocycles. The highest BCUT2D eigenvalue weighted by Gasteiger charge is 2.38. The normalized spacial score (nSPS) is 13.6. The minimum atomic E-state index is -4.68. The summed E-state index contributed by atoms with van der Waals surface area (Å²) >= 11 is 0. The van der Waals surface area contributed by atoms with E-state index in [9.17, 15) is 13.2 Å². The lowest BCUT2D eigenvalue weighted by atomic mass is 10.3. The summed E-state index contributed by atoms with van der Waals surface area (Å²) in [4.78, 5) is 0. The number of nitrogens with two attached hydrogens (primary N) is 1. The van der Waals surface area contributed by atoms with Crippen molar-refractivity contribution in [3.05, 3.63) is 24.3 Å². The largest absolute Gasteiger partial charge is 0.488 e. The van der Waals surface area contributed by atoms with Crippen molar-refractivity contribution in [2.75, 3.05) is 12.3 Å². The van der Waals surface area contributed by atoms with E-state index in [2.05, 4.69) is 0 Å². The third kappa shape index (κ3) is 3.32. The van der Waals surface area contributed by atoms with Crippen molar-refractivity contribution >= 4 is 5.69 Å². The van der Waals surface area contributed by atoms with E-state index in [0.717, 1.165) is 0 Å². The van der Waals surface area contributed by atoms with Gasteiger partial charge in [0.15, 0.2) is 6.10 Å². The lowest BCUT2D eigenvalue weighted by Crippen LogP contribution is -2.34. The number of hydrogen-bond donors (Lipinski definition) is 2. The molecule has 0 aliphatic carbocycles. The second-order valence-corrected chi connectivity index (χ2v) is 2.91. The Labute approximate surface area is 84.3 Å². The zero-order chi connectivity index (χ0) is 11.5. The van der Waals surface area contributed by atoms with Crippen molar-refractivity contribution < 1.29 is 23.0 Å². The first-order chi connectivity index (χ1) is 6.91. The van der Waals surface area contributed by atoms with Crippen LogP contribution >= 0.6 is 0 Å². The molecule has 3 N–H and O–H groups in total. The number of hydrogen-bond acceptors (Lipinski definition) is 3. The predicted octanol–water partition coefficient (Wildman–Crippen LogP) is 1.57. The van der Waals surface area contributed by atoms with Crippen LogP contribution in [0.2, 0.25) is 0 Å². The molecular formula is C9H10F3NO2. The number of ether oxygens (including phenoxy) is 1. The number of nitrogen functional groups attached to an aromatic ring is 1.